The highest BCUT2D eigenvalue weighted by Crippen LogP contribution is 2.32. The Kier molecular flexibility index (Phi) is 5.96. The molecule has 0 unspecified atom stereocenters. The first kappa shape index (κ1) is 20.3. The van der Waals surface area contributed by atoms with Crippen molar-refractivity contribution in [2.75, 3.05) is 25.2 Å². The quantitative estimate of drug-likeness (QED) is 0.691. The number of likely N-dealkylation sites (tertiary alicyclic amines) is 1. The minimum absolute atomic E-state index is 0.187. The highest BCUT2D eigenvalue weighted by atomic mass is 35.5. The second-order valence-electron chi connectivity index (χ2n) is 7.21. The molecule has 4 rings (SSSR count). The Hall–Kier alpha value is -2.97. The van der Waals surface area contributed by atoms with E-state index in [1.807, 2.05) is 12.1 Å². The topological polar surface area (TPSA) is 100 Å². The maximum absolute atomic E-state index is 12.8. The first-order valence-corrected chi connectivity index (χ1v) is 10.1. The molecule has 0 spiro atoms. The molecule has 2 heterocycles. The van der Waals surface area contributed by atoms with Gasteiger partial charge in [0.25, 0.3) is 5.91 Å². The number of amides is 3. The zero-order chi connectivity index (χ0) is 21.1. The van der Waals surface area contributed by atoms with E-state index in [1.54, 1.807) is 23.1 Å². The van der Waals surface area contributed by atoms with Gasteiger partial charge in [0.15, 0.2) is 11.5 Å². The summed E-state index contributed by atoms with van der Waals surface area (Å²) in [5.41, 5.74) is 1.50. The molecule has 1 saturated heterocycles. The Morgan fingerprint density at radius 2 is 1.87 bits per heavy atom. The molecule has 0 radical (unpaired) electrons. The van der Waals surface area contributed by atoms with Crippen molar-refractivity contribution >= 4 is 29.2 Å². The molecule has 9 heteroatoms. The van der Waals surface area contributed by atoms with Gasteiger partial charge in [-0.15, -0.1) is 0 Å². The number of urea groups is 1. The Morgan fingerprint density at radius 1 is 1.10 bits per heavy atom. The summed E-state index contributed by atoms with van der Waals surface area (Å²) >= 11 is 6.08. The summed E-state index contributed by atoms with van der Waals surface area (Å²) in [4.78, 5) is 27.0. The lowest BCUT2D eigenvalue weighted by Gasteiger charge is -2.29. The van der Waals surface area contributed by atoms with E-state index in [2.05, 4.69) is 10.6 Å². The van der Waals surface area contributed by atoms with E-state index in [0.29, 0.717) is 48.1 Å². The van der Waals surface area contributed by atoms with Crippen LogP contribution in [0.25, 0.3) is 0 Å². The number of carbonyl (C=O) groups is 2. The third-order valence-corrected chi connectivity index (χ3v) is 5.34. The smallest absolute Gasteiger partial charge is 0.321 e. The lowest BCUT2D eigenvalue weighted by Crippen LogP contribution is -2.42. The number of carbonyl (C=O) groups excluding carboxylic acids is 2. The van der Waals surface area contributed by atoms with E-state index >= 15 is 0 Å². The zero-order valence-electron chi connectivity index (χ0n) is 16.2. The normalized spacial score (nSPS) is 15.7. The van der Waals surface area contributed by atoms with Gasteiger partial charge in [0.1, 0.15) is 0 Å². The number of nitrogens with one attached hydrogen (secondary N) is 2. The van der Waals surface area contributed by atoms with Crippen LogP contribution in [0.3, 0.4) is 0 Å². The molecule has 158 valence electrons. The lowest BCUT2D eigenvalue weighted by atomic mass is 10.1. The summed E-state index contributed by atoms with van der Waals surface area (Å²) in [6.07, 6.45) is 0.704. The number of aliphatic hydroxyl groups is 1. The third kappa shape index (κ3) is 4.60. The summed E-state index contributed by atoms with van der Waals surface area (Å²) in [6, 6.07) is 9.89. The van der Waals surface area contributed by atoms with E-state index in [1.165, 1.54) is 6.07 Å². The Bertz CT molecular complexity index is 960. The van der Waals surface area contributed by atoms with Crippen LogP contribution in [0.5, 0.6) is 11.5 Å². The fraction of sp³-hybridized carbons (Fsp3) is 0.333. The summed E-state index contributed by atoms with van der Waals surface area (Å²) in [6.45, 7) is 1.39. The molecular formula is C21H22ClN3O5. The molecule has 0 aromatic heterocycles. The number of halogens is 1. The molecule has 30 heavy (non-hydrogen) atoms. The van der Waals surface area contributed by atoms with E-state index in [-0.39, 0.29) is 36.9 Å². The van der Waals surface area contributed by atoms with Gasteiger partial charge in [0, 0.05) is 24.7 Å². The molecule has 2 aliphatic rings. The molecule has 0 atom stereocenters. The van der Waals surface area contributed by atoms with Crippen LogP contribution in [0.4, 0.5) is 10.5 Å². The van der Waals surface area contributed by atoms with Crippen molar-refractivity contribution in [1.82, 2.24) is 10.2 Å². The number of piperidine rings is 1. The molecule has 2 aromatic carbocycles. The van der Waals surface area contributed by atoms with Crippen LogP contribution in [0.15, 0.2) is 36.4 Å². The zero-order valence-corrected chi connectivity index (χ0v) is 16.9. The molecular weight excluding hydrogens is 410 g/mol. The van der Waals surface area contributed by atoms with Crippen LogP contribution in [-0.4, -0.2) is 47.9 Å². The minimum atomic E-state index is -0.373. The largest absolute Gasteiger partial charge is 0.454 e. The monoisotopic (exact) mass is 431 g/mol. The fourth-order valence-corrected chi connectivity index (χ4v) is 3.58. The summed E-state index contributed by atoms with van der Waals surface area (Å²) < 4.78 is 10.6. The number of anilines is 1. The molecule has 1 fully saturated rings. The molecule has 0 saturated carbocycles. The molecule has 3 N–H and O–H groups in total. The highest BCUT2D eigenvalue weighted by molar-refractivity contribution is 6.31. The Balaban J connectivity index is 1.43. The van der Waals surface area contributed by atoms with Crippen molar-refractivity contribution in [3.8, 4) is 11.5 Å². The minimum Gasteiger partial charge on any atom is -0.454 e. The van der Waals surface area contributed by atoms with Gasteiger partial charge in [0.2, 0.25) is 6.79 Å². The van der Waals surface area contributed by atoms with Gasteiger partial charge in [-0.1, -0.05) is 17.7 Å². The van der Waals surface area contributed by atoms with Crippen molar-refractivity contribution in [3.63, 3.8) is 0 Å². The predicted octanol–water partition coefficient (Wildman–Crippen LogP) is 2.99. The number of nitrogens with zero attached hydrogens (tertiary/aromatic N) is 1. The lowest BCUT2D eigenvalue weighted by molar-refractivity contribution is 0.0951. The first-order chi connectivity index (χ1) is 14.5. The van der Waals surface area contributed by atoms with Crippen LogP contribution >= 0.6 is 11.6 Å². The maximum atomic E-state index is 12.8. The van der Waals surface area contributed by atoms with Gasteiger partial charge < -0.3 is 30.1 Å². The van der Waals surface area contributed by atoms with Gasteiger partial charge in [-0.3, -0.25) is 4.79 Å². The number of hydrogen-bond acceptors (Lipinski definition) is 5. The summed E-state index contributed by atoms with van der Waals surface area (Å²) in [5, 5.41) is 15.6. The first-order valence-electron chi connectivity index (χ1n) is 9.70. The number of fused-ring (bicyclic) bond motifs is 1. The second kappa shape index (κ2) is 8.81. The Labute approximate surface area is 178 Å². The third-order valence-electron chi connectivity index (χ3n) is 5.11. The van der Waals surface area contributed by atoms with Gasteiger partial charge in [-0.05, 0) is 48.7 Å². The number of ether oxygens (including phenoxy) is 2. The van der Waals surface area contributed by atoms with Crippen LogP contribution in [0.1, 0.15) is 28.8 Å². The second-order valence-corrected chi connectivity index (χ2v) is 7.65. The Morgan fingerprint density at radius 3 is 2.67 bits per heavy atom. The average molecular weight is 432 g/mol. The summed E-state index contributed by atoms with van der Waals surface area (Å²) in [7, 11) is 0. The highest BCUT2D eigenvalue weighted by Gasteiger charge is 2.23. The van der Waals surface area contributed by atoms with Crippen LogP contribution < -0.4 is 20.1 Å². The van der Waals surface area contributed by atoms with Crippen molar-refractivity contribution in [2.45, 2.75) is 25.5 Å². The van der Waals surface area contributed by atoms with Gasteiger partial charge >= 0.3 is 6.03 Å². The van der Waals surface area contributed by atoms with E-state index in [9.17, 15) is 14.7 Å². The molecule has 3 amide bonds. The molecule has 8 nitrogen and oxygen atoms in total. The molecule has 0 aliphatic carbocycles. The van der Waals surface area contributed by atoms with E-state index in [0.717, 1.165) is 5.56 Å². The van der Waals surface area contributed by atoms with Crippen molar-refractivity contribution in [1.29, 1.82) is 0 Å². The van der Waals surface area contributed by atoms with Gasteiger partial charge in [0.05, 0.1) is 17.4 Å². The molecule has 2 aliphatic heterocycles. The predicted molar refractivity (Wildman–Crippen MR) is 111 cm³/mol. The maximum Gasteiger partial charge on any atom is 0.321 e. The van der Waals surface area contributed by atoms with Crippen LogP contribution in [0, 0.1) is 0 Å². The molecule has 0 bridgehead atoms. The van der Waals surface area contributed by atoms with E-state index < -0.39 is 0 Å². The van der Waals surface area contributed by atoms with Crippen molar-refractivity contribution < 1.29 is 24.2 Å². The number of benzene rings is 2. The van der Waals surface area contributed by atoms with E-state index in [4.69, 9.17) is 21.1 Å². The van der Waals surface area contributed by atoms with Crippen LogP contribution in [-0.2, 0) is 6.54 Å². The van der Waals surface area contributed by atoms with Crippen LogP contribution in [0.2, 0.25) is 5.02 Å². The van der Waals surface area contributed by atoms with Crippen molar-refractivity contribution in [2.24, 2.45) is 0 Å². The van der Waals surface area contributed by atoms with Crippen molar-refractivity contribution in [3.05, 3.63) is 52.5 Å². The fourth-order valence-electron chi connectivity index (χ4n) is 3.41. The SMILES string of the molecule is O=C(NCc1ccc2c(c1)OCO2)c1cc(Cl)ccc1NC(=O)N1CCC(O)CC1. The van der Waals surface area contributed by atoms with Gasteiger partial charge in [-0.25, -0.2) is 4.79 Å². The number of hydrogen-bond donors (Lipinski definition) is 3. The standard InChI is InChI=1S/C21H22ClN3O5/c22-14-2-3-17(24-21(28)25-7-5-15(26)6-8-25)16(10-14)20(27)23-11-13-1-4-18-19(9-13)30-12-29-18/h1-4,9-10,15,26H,5-8,11-12H2,(H,23,27)(H,24,28). The average Bonchev–Trinajstić information content (AvgIpc) is 3.21. The summed E-state index contributed by atoms with van der Waals surface area (Å²) in [5.74, 6) is 0.957. The molecule has 2 aromatic rings. The van der Waals surface area contributed by atoms with Gasteiger partial charge in [-0.2, -0.15) is 0 Å². The number of rotatable bonds is 4. The number of aliphatic hydroxyl groups excluding tert-OH is 1.